The van der Waals surface area contributed by atoms with Gasteiger partial charge in [0.15, 0.2) is 5.82 Å². The molecule has 0 aliphatic carbocycles. The molecular formula is C9H9N5O4S. The van der Waals surface area contributed by atoms with Crippen LogP contribution in [0.4, 0.5) is 0 Å². The normalized spacial score (nSPS) is 11.4. The number of H-pyrrole nitrogens is 1. The summed E-state index contributed by atoms with van der Waals surface area (Å²) in [6.45, 7) is -0.112. The van der Waals surface area contributed by atoms with Gasteiger partial charge in [-0.25, -0.2) is 17.9 Å². The Morgan fingerprint density at radius 3 is 2.53 bits per heavy atom. The van der Waals surface area contributed by atoms with Crippen molar-refractivity contribution in [1.82, 2.24) is 25.3 Å². The van der Waals surface area contributed by atoms with Gasteiger partial charge in [0.1, 0.15) is 0 Å². The van der Waals surface area contributed by atoms with Gasteiger partial charge in [0.25, 0.3) is 0 Å². The van der Waals surface area contributed by atoms with E-state index in [2.05, 4.69) is 25.3 Å². The number of carbonyl (C=O) groups is 1. The lowest BCUT2D eigenvalue weighted by molar-refractivity contribution is 0.0696. The van der Waals surface area contributed by atoms with Crippen molar-refractivity contribution in [1.29, 1.82) is 0 Å². The van der Waals surface area contributed by atoms with E-state index in [1.54, 1.807) is 0 Å². The summed E-state index contributed by atoms with van der Waals surface area (Å²) in [4.78, 5) is 10.6. The number of carboxylic acid groups (broad SMARTS) is 1. The van der Waals surface area contributed by atoms with Crippen LogP contribution in [0.1, 0.15) is 16.2 Å². The quantitative estimate of drug-likeness (QED) is 0.664. The molecule has 1 aromatic heterocycles. The summed E-state index contributed by atoms with van der Waals surface area (Å²) >= 11 is 0. The fraction of sp³-hybridized carbons (Fsp3) is 0.111. The summed E-state index contributed by atoms with van der Waals surface area (Å²) in [5.74, 6) is -0.922. The molecule has 0 saturated heterocycles. The fourth-order valence-corrected chi connectivity index (χ4v) is 2.26. The average Bonchev–Trinajstić information content (AvgIpc) is 2.90. The fourth-order valence-electron chi connectivity index (χ4n) is 1.28. The molecular weight excluding hydrogens is 274 g/mol. The smallest absolute Gasteiger partial charge is 0.335 e. The molecule has 1 heterocycles. The number of sulfonamides is 1. The molecule has 0 aliphatic heterocycles. The van der Waals surface area contributed by atoms with Gasteiger partial charge in [-0.05, 0) is 24.3 Å². The Bertz CT molecular complexity index is 665. The summed E-state index contributed by atoms with van der Waals surface area (Å²) in [5.41, 5.74) is 0.0112. The Morgan fingerprint density at radius 1 is 1.32 bits per heavy atom. The zero-order valence-corrected chi connectivity index (χ0v) is 10.3. The van der Waals surface area contributed by atoms with Gasteiger partial charge in [-0.3, -0.25) is 0 Å². The van der Waals surface area contributed by atoms with Crippen LogP contribution in [0.5, 0.6) is 0 Å². The maximum Gasteiger partial charge on any atom is 0.335 e. The van der Waals surface area contributed by atoms with Gasteiger partial charge in [0.2, 0.25) is 10.0 Å². The number of carboxylic acids is 1. The monoisotopic (exact) mass is 283 g/mol. The molecule has 100 valence electrons. The van der Waals surface area contributed by atoms with E-state index >= 15 is 0 Å². The van der Waals surface area contributed by atoms with Crippen molar-refractivity contribution in [2.24, 2.45) is 0 Å². The second-order valence-corrected chi connectivity index (χ2v) is 5.25. The first-order valence-corrected chi connectivity index (χ1v) is 6.53. The number of aromatic amines is 1. The highest BCUT2D eigenvalue weighted by Crippen LogP contribution is 2.10. The van der Waals surface area contributed by atoms with Crippen LogP contribution in [0.15, 0.2) is 29.2 Å². The molecule has 0 fully saturated rings. The third kappa shape index (κ3) is 3.11. The molecule has 19 heavy (non-hydrogen) atoms. The number of tetrazole rings is 1. The van der Waals surface area contributed by atoms with Crippen LogP contribution in [0.2, 0.25) is 0 Å². The number of nitrogens with one attached hydrogen (secondary N) is 2. The standard InChI is InChI=1S/C9H9N5O4S/c15-9(16)6-1-3-7(4-2-6)19(17,18)10-5-8-11-13-14-12-8/h1-4,10H,5H2,(H,15,16)(H,11,12,13,14). The van der Waals surface area contributed by atoms with Crippen LogP contribution in [0.25, 0.3) is 0 Å². The van der Waals surface area contributed by atoms with Crippen molar-refractivity contribution < 1.29 is 18.3 Å². The van der Waals surface area contributed by atoms with E-state index in [1.807, 2.05) is 0 Å². The summed E-state index contributed by atoms with van der Waals surface area (Å²) in [7, 11) is -3.74. The largest absolute Gasteiger partial charge is 0.478 e. The first-order chi connectivity index (χ1) is 8.99. The average molecular weight is 283 g/mol. The topological polar surface area (TPSA) is 138 Å². The lowest BCUT2D eigenvalue weighted by Gasteiger charge is -2.04. The van der Waals surface area contributed by atoms with E-state index in [-0.39, 0.29) is 22.8 Å². The number of hydrogen-bond acceptors (Lipinski definition) is 6. The third-order valence-corrected chi connectivity index (χ3v) is 3.64. The second-order valence-electron chi connectivity index (χ2n) is 3.48. The third-order valence-electron chi connectivity index (χ3n) is 2.22. The molecule has 0 spiro atoms. The minimum absolute atomic E-state index is 0.0112. The highest BCUT2D eigenvalue weighted by molar-refractivity contribution is 7.89. The Morgan fingerprint density at radius 2 is 2.00 bits per heavy atom. The SMILES string of the molecule is O=C(O)c1ccc(S(=O)(=O)NCc2nn[nH]n2)cc1. The summed E-state index contributed by atoms with van der Waals surface area (Å²) in [6.07, 6.45) is 0. The second kappa shape index (κ2) is 5.12. The Labute approximate surface area is 107 Å². The first kappa shape index (κ1) is 13.1. The maximum absolute atomic E-state index is 11.9. The molecule has 0 saturated carbocycles. The number of rotatable bonds is 5. The molecule has 0 unspecified atom stereocenters. The zero-order chi connectivity index (χ0) is 13.9. The summed E-state index contributed by atoms with van der Waals surface area (Å²) in [6, 6.07) is 4.85. The molecule has 2 rings (SSSR count). The molecule has 10 heteroatoms. The van der Waals surface area contributed by atoms with E-state index < -0.39 is 16.0 Å². The molecule has 0 radical (unpaired) electrons. The minimum atomic E-state index is -3.74. The maximum atomic E-state index is 11.9. The number of aromatic carboxylic acids is 1. The summed E-state index contributed by atoms with van der Waals surface area (Å²) < 4.78 is 26.0. The van der Waals surface area contributed by atoms with Crippen LogP contribution >= 0.6 is 0 Å². The van der Waals surface area contributed by atoms with Gasteiger partial charge in [-0.15, -0.1) is 10.2 Å². The Kier molecular flexibility index (Phi) is 3.53. The van der Waals surface area contributed by atoms with Crippen molar-refractivity contribution >= 4 is 16.0 Å². The molecule has 1 aromatic carbocycles. The van der Waals surface area contributed by atoms with Crippen LogP contribution in [0, 0.1) is 0 Å². The number of hydrogen-bond donors (Lipinski definition) is 3. The van der Waals surface area contributed by atoms with Crippen molar-refractivity contribution in [3.63, 3.8) is 0 Å². The van der Waals surface area contributed by atoms with Gasteiger partial charge in [-0.2, -0.15) is 5.21 Å². The number of aromatic nitrogens is 4. The summed E-state index contributed by atoms with van der Waals surface area (Å²) in [5, 5.41) is 21.4. The van der Waals surface area contributed by atoms with Gasteiger partial charge < -0.3 is 5.11 Å². The van der Waals surface area contributed by atoms with E-state index in [9.17, 15) is 13.2 Å². The molecule has 0 atom stereocenters. The predicted octanol–water partition coefficient (Wildman–Crippen LogP) is -0.624. The first-order valence-electron chi connectivity index (χ1n) is 5.04. The highest BCUT2D eigenvalue weighted by atomic mass is 32.2. The van der Waals surface area contributed by atoms with Crippen LogP contribution in [-0.4, -0.2) is 40.1 Å². The van der Waals surface area contributed by atoms with Gasteiger partial charge >= 0.3 is 5.97 Å². The van der Waals surface area contributed by atoms with Crippen LogP contribution in [-0.2, 0) is 16.6 Å². The Balaban J connectivity index is 2.13. The zero-order valence-electron chi connectivity index (χ0n) is 9.44. The Hall–Kier alpha value is -2.33. The lowest BCUT2D eigenvalue weighted by Crippen LogP contribution is -2.23. The van der Waals surface area contributed by atoms with Crippen molar-refractivity contribution in [3.8, 4) is 0 Å². The molecule has 0 amide bonds. The molecule has 2 aromatic rings. The molecule has 3 N–H and O–H groups in total. The molecule has 0 bridgehead atoms. The van der Waals surface area contributed by atoms with Gasteiger partial charge in [0.05, 0.1) is 17.0 Å². The predicted molar refractivity (Wildman–Crippen MR) is 61.6 cm³/mol. The molecule has 0 aliphatic rings. The van der Waals surface area contributed by atoms with E-state index in [4.69, 9.17) is 5.11 Å². The van der Waals surface area contributed by atoms with Crippen molar-refractivity contribution in [2.45, 2.75) is 11.4 Å². The van der Waals surface area contributed by atoms with Crippen LogP contribution < -0.4 is 4.72 Å². The van der Waals surface area contributed by atoms with Crippen LogP contribution in [0.3, 0.4) is 0 Å². The number of nitrogens with zero attached hydrogens (tertiary/aromatic N) is 3. The van der Waals surface area contributed by atoms with E-state index in [1.165, 1.54) is 24.3 Å². The minimum Gasteiger partial charge on any atom is -0.478 e. The highest BCUT2D eigenvalue weighted by Gasteiger charge is 2.15. The van der Waals surface area contributed by atoms with Crippen molar-refractivity contribution in [3.05, 3.63) is 35.7 Å². The lowest BCUT2D eigenvalue weighted by atomic mass is 10.2. The molecule has 9 nitrogen and oxygen atoms in total. The van der Waals surface area contributed by atoms with Crippen molar-refractivity contribution in [2.75, 3.05) is 0 Å². The van der Waals surface area contributed by atoms with Gasteiger partial charge in [-0.1, -0.05) is 5.21 Å². The number of benzene rings is 1. The van der Waals surface area contributed by atoms with Gasteiger partial charge in [0, 0.05) is 0 Å². The van der Waals surface area contributed by atoms with E-state index in [0.717, 1.165) is 0 Å². The van der Waals surface area contributed by atoms with E-state index in [0.29, 0.717) is 0 Å².